The third kappa shape index (κ3) is 9.60. The van der Waals surface area contributed by atoms with Crippen LogP contribution in [-0.2, 0) is 9.59 Å². The van der Waals surface area contributed by atoms with Crippen molar-refractivity contribution in [2.24, 2.45) is 5.73 Å². The number of allylic oxidation sites excluding steroid dienone is 1. The van der Waals surface area contributed by atoms with Crippen LogP contribution in [0.3, 0.4) is 0 Å². The largest absolute Gasteiger partial charge is 0.497 e. The minimum atomic E-state index is -0.486. The molecule has 0 aliphatic heterocycles. The number of ketones is 1. The van der Waals surface area contributed by atoms with Gasteiger partial charge < -0.3 is 21.1 Å². The molecule has 5 aromatic rings. The zero-order valence-corrected chi connectivity index (χ0v) is 24.7. The molecule has 0 fully saturated rings. The van der Waals surface area contributed by atoms with Crippen molar-refractivity contribution in [1.29, 1.82) is 0 Å². The number of amides is 1. The van der Waals surface area contributed by atoms with Gasteiger partial charge in [0.2, 0.25) is 5.91 Å². The van der Waals surface area contributed by atoms with E-state index in [1.165, 1.54) is 13.0 Å². The molecular formula is C38H35N3O3. The molecule has 0 radical (unpaired) electrons. The predicted molar refractivity (Wildman–Crippen MR) is 181 cm³/mol. The Morgan fingerprint density at radius 3 is 1.59 bits per heavy atom. The maximum atomic E-state index is 11.4. The molecule has 0 heterocycles. The molecule has 6 heteroatoms. The summed E-state index contributed by atoms with van der Waals surface area (Å²) in [6, 6.07) is 45.2. The highest BCUT2D eigenvalue weighted by Gasteiger charge is 2.06. The number of nitrogens with two attached hydrogens (primary N) is 1. The molecule has 0 aliphatic rings. The Hall–Kier alpha value is -5.88. The number of methoxy groups -OCH3 is 1. The van der Waals surface area contributed by atoms with E-state index in [9.17, 15) is 9.59 Å². The first kappa shape index (κ1) is 31.1. The summed E-state index contributed by atoms with van der Waals surface area (Å²) in [6.07, 6.45) is 3.00. The summed E-state index contributed by atoms with van der Waals surface area (Å²) in [6.45, 7) is 1.54. The van der Waals surface area contributed by atoms with Gasteiger partial charge in [-0.1, -0.05) is 109 Å². The number of hydrogen-bond donors (Lipinski definition) is 3. The number of carbonyl (C=O) groups excluding carboxylic acids is 2. The van der Waals surface area contributed by atoms with Gasteiger partial charge in [0.05, 0.1) is 12.8 Å². The SMILES string of the molecule is COc1cccc(N/C(=C\C(C)=O)c2ccccc2)c1.NC(=O)/C=C(\Nc1cccc(-c2ccccc2)c1)c1ccccc1. The van der Waals surface area contributed by atoms with Crippen LogP contribution in [0.25, 0.3) is 22.5 Å². The molecule has 6 nitrogen and oxygen atoms in total. The quantitative estimate of drug-likeness (QED) is 0.145. The number of primary amides is 1. The fourth-order valence-corrected chi connectivity index (χ4v) is 4.38. The number of carbonyl (C=O) groups is 2. The van der Waals surface area contributed by atoms with Gasteiger partial charge in [-0.05, 0) is 53.4 Å². The normalized spacial score (nSPS) is 11.0. The van der Waals surface area contributed by atoms with Crippen LogP contribution in [0, 0.1) is 0 Å². The lowest BCUT2D eigenvalue weighted by Gasteiger charge is -2.12. The molecule has 220 valence electrons. The van der Waals surface area contributed by atoms with Crippen molar-refractivity contribution in [3.05, 3.63) is 163 Å². The van der Waals surface area contributed by atoms with Gasteiger partial charge >= 0.3 is 0 Å². The summed E-state index contributed by atoms with van der Waals surface area (Å²) < 4.78 is 5.20. The highest BCUT2D eigenvalue weighted by atomic mass is 16.5. The predicted octanol–water partition coefficient (Wildman–Crippen LogP) is 8.03. The average molecular weight is 582 g/mol. The summed E-state index contributed by atoms with van der Waals surface area (Å²) in [5.41, 5.74) is 12.7. The van der Waals surface area contributed by atoms with Gasteiger partial charge in [0.1, 0.15) is 5.75 Å². The molecule has 0 aromatic heterocycles. The van der Waals surface area contributed by atoms with E-state index in [4.69, 9.17) is 10.5 Å². The fourth-order valence-electron chi connectivity index (χ4n) is 4.38. The molecule has 0 aliphatic carbocycles. The molecule has 1 amide bonds. The first-order chi connectivity index (χ1) is 21.4. The van der Waals surface area contributed by atoms with E-state index in [1.54, 1.807) is 13.2 Å². The summed E-state index contributed by atoms with van der Waals surface area (Å²) in [4.78, 5) is 22.8. The highest BCUT2D eigenvalue weighted by Crippen LogP contribution is 2.25. The second-order valence-corrected chi connectivity index (χ2v) is 9.79. The summed E-state index contributed by atoms with van der Waals surface area (Å²) >= 11 is 0. The summed E-state index contributed by atoms with van der Waals surface area (Å²) in [7, 11) is 1.63. The Bertz CT molecular complexity index is 1730. The van der Waals surface area contributed by atoms with Crippen molar-refractivity contribution < 1.29 is 14.3 Å². The highest BCUT2D eigenvalue weighted by molar-refractivity contribution is 5.98. The first-order valence-electron chi connectivity index (χ1n) is 14.1. The Morgan fingerprint density at radius 2 is 1.07 bits per heavy atom. The monoisotopic (exact) mass is 581 g/mol. The maximum Gasteiger partial charge on any atom is 0.243 e. The molecule has 5 rings (SSSR count). The van der Waals surface area contributed by atoms with Gasteiger partial charge in [0, 0.05) is 35.3 Å². The molecule has 0 saturated carbocycles. The van der Waals surface area contributed by atoms with Gasteiger partial charge in [-0.25, -0.2) is 0 Å². The number of benzene rings is 5. The fraction of sp³-hybridized carbons (Fsp3) is 0.0526. The van der Waals surface area contributed by atoms with Crippen molar-refractivity contribution in [1.82, 2.24) is 0 Å². The molecule has 0 saturated heterocycles. The smallest absolute Gasteiger partial charge is 0.243 e. The first-order valence-corrected chi connectivity index (χ1v) is 14.1. The van der Waals surface area contributed by atoms with Crippen LogP contribution < -0.4 is 21.1 Å². The topological polar surface area (TPSA) is 93.4 Å². The van der Waals surface area contributed by atoms with Crippen molar-refractivity contribution in [2.75, 3.05) is 17.7 Å². The Balaban J connectivity index is 0.000000204. The molecule has 4 N–H and O–H groups in total. The summed E-state index contributed by atoms with van der Waals surface area (Å²) in [5.74, 6) is 0.282. The lowest BCUT2D eigenvalue weighted by molar-refractivity contribution is -0.114. The molecule has 44 heavy (non-hydrogen) atoms. The zero-order valence-electron chi connectivity index (χ0n) is 24.7. The van der Waals surface area contributed by atoms with E-state index in [1.807, 2.05) is 121 Å². The molecule has 0 spiro atoms. The standard InChI is InChI=1S/C21H18N2O.C17H17NO2/c22-21(24)15-20(17-10-5-2-6-11-17)23-19-13-7-12-18(14-19)16-8-3-1-4-9-16;1-13(19)11-17(14-7-4-3-5-8-14)18-15-9-6-10-16(12-15)20-2/h1-15,23H,(H2,22,24);3-12,18H,1-2H3/b20-15-;17-11-. The average Bonchev–Trinajstić information content (AvgIpc) is 3.05. The van der Waals surface area contributed by atoms with E-state index >= 15 is 0 Å². The molecule has 0 unspecified atom stereocenters. The van der Waals surface area contributed by atoms with Gasteiger partial charge in [0.15, 0.2) is 5.78 Å². The van der Waals surface area contributed by atoms with Crippen LogP contribution in [-0.4, -0.2) is 18.8 Å². The van der Waals surface area contributed by atoms with Crippen LogP contribution in [0.5, 0.6) is 5.75 Å². The van der Waals surface area contributed by atoms with Crippen LogP contribution in [0.2, 0.25) is 0 Å². The number of nitrogens with one attached hydrogen (secondary N) is 2. The number of hydrogen-bond acceptors (Lipinski definition) is 5. The minimum absolute atomic E-state index is 0.000695. The van der Waals surface area contributed by atoms with Crippen molar-refractivity contribution >= 4 is 34.5 Å². The van der Waals surface area contributed by atoms with Crippen molar-refractivity contribution in [3.63, 3.8) is 0 Å². The van der Waals surface area contributed by atoms with E-state index < -0.39 is 5.91 Å². The second kappa shape index (κ2) is 15.9. The van der Waals surface area contributed by atoms with Crippen LogP contribution in [0.4, 0.5) is 11.4 Å². The van der Waals surface area contributed by atoms with E-state index in [0.29, 0.717) is 5.70 Å². The number of ether oxygens (including phenoxy) is 1. The molecule has 5 aromatic carbocycles. The van der Waals surface area contributed by atoms with E-state index in [0.717, 1.165) is 45.1 Å². The Morgan fingerprint density at radius 1 is 0.591 bits per heavy atom. The van der Waals surface area contributed by atoms with Crippen LogP contribution in [0.15, 0.2) is 152 Å². The minimum Gasteiger partial charge on any atom is -0.497 e. The van der Waals surface area contributed by atoms with Gasteiger partial charge in [-0.3, -0.25) is 9.59 Å². The zero-order chi connectivity index (χ0) is 31.1. The lowest BCUT2D eigenvalue weighted by atomic mass is 10.0. The van der Waals surface area contributed by atoms with E-state index in [2.05, 4.69) is 28.8 Å². The molecular weight excluding hydrogens is 546 g/mol. The third-order valence-electron chi connectivity index (χ3n) is 6.40. The summed E-state index contributed by atoms with van der Waals surface area (Å²) in [5, 5.41) is 6.56. The van der Waals surface area contributed by atoms with Crippen molar-refractivity contribution in [3.8, 4) is 16.9 Å². The van der Waals surface area contributed by atoms with Crippen molar-refractivity contribution in [2.45, 2.75) is 6.92 Å². The Kier molecular flexibility index (Phi) is 11.3. The van der Waals surface area contributed by atoms with Gasteiger partial charge in [-0.15, -0.1) is 0 Å². The molecule has 0 atom stereocenters. The molecule has 0 bridgehead atoms. The number of anilines is 2. The van der Waals surface area contributed by atoms with Crippen LogP contribution >= 0.6 is 0 Å². The lowest BCUT2D eigenvalue weighted by Crippen LogP contribution is -2.10. The van der Waals surface area contributed by atoms with Gasteiger partial charge in [-0.2, -0.15) is 0 Å². The van der Waals surface area contributed by atoms with E-state index in [-0.39, 0.29) is 5.78 Å². The second-order valence-electron chi connectivity index (χ2n) is 9.79. The Labute approximate surface area is 258 Å². The maximum absolute atomic E-state index is 11.4. The third-order valence-corrected chi connectivity index (χ3v) is 6.40. The number of rotatable bonds is 10. The van der Waals surface area contributed by atoms with Gasteiger partial charge in [0.25, 0.3) is 0 Å². The van der Waals surface area contributed by atoms with Crippen LogP contribution in [0.1, 0.15) is 18.1 Å².